The number of fused-ring (bicyclic) bond motifs is 6. The van der Waals surface area contributed by atoms with Crippen molar-refractivity contribution in [2.24, 2.45) is 0 Å². The predicted octanol–water partition coefficient (Wildman–Crippen LogP) is 4.26. The summed E-state index contributed by atoms with van der Waals surface area (Å²) in [4.78, 5) is 12.4. The average molecular weight is 574 g/mol. The van der Waals surface area contributed by atoms with E-state index in [2.05, 4.69) is 26.9 Å². The van der Waals surface area contributed by atoms with Gasteiger partial charge in [-0.15, -0.1) is 23.8 Å². The molecule has 2 aromatic heterocycles. The molecule has 4 aromatic rings. The van der Waals surface area contributed by atoms with Crippen LogP contribution in [-0.4, -0.2) is 19.1 Å². The van der Waals surface area contributed by atoms with E-state index in [1.165, 1.54) is 0 Å². The van der Waals surface area contributed by atoms with E-state index in [0.29, 0.717) is 24.0 Å². The van der Waals surface area contributed by atoms with Crippen LogP contribution in [0.5, 0.6) is 17.2 Å². The van der Waals surface area contributed by atoms with Crippen molar-refractivity contribution in [1.29, 1.82) is 0 Å². The minimum atomic E-state index is 0. The maximum absolute atomic E-state index is 7.30. The maximum Gasteiger partial charge on any atom is 2.00 e. The third-order valence-electron chi connectivity index (χ3n) is 5.18. The first kappa shape index (κ1) is 18.7. The average Bonchev–Trinajstić information content (AvgIpc) is 3.40. The van der Waals surface area contributed by atoms with Gasteiger partial charge in [0.25, 0.3) is 0 Å². The molecule has 0 amide bonds. The number of aryl methyl sites for hydroxylation is 1. The monoisotopic (exact) mass is 574 g/mol. The summed E-state index contributed by atoms with van der Waals surface area (Å²) < 4.78 is 15.6. The van der Waals surface area contributed by atoms with E-state index >= 15 is 0 Å². The van der Waals surface area contributed by atoms with Crippen LogP contribution in [0, 0.1) is 18.7 Å². The Labute approximate surface area is 187 Å². The first-order valence-electron chi connectivity index (χ1n) is 9.17. The van der Waals surface area contributed by atoms with Crippen LogP contribution >= 0.6 is 0 Å². The summed E-state index contributed by atoms with van der Waals surface area (Å²) in [6, 6.07) is 14.2. The van der Waals surface area contributed by atoms with Crippen molar-refractivity contribution in [1.82, 2.24) is 19.1 Å². The Bertz CT molecular complexity index is 1320. The third kappa shape index (κ3) is 2.84. The Morgan fingerprint density at radius 3 is 2.77 bits per heavy atom. The second-order valence-electron chi connectivity index (χ2n) is 6.83. The zero-order chi connectivity index (χ0) is 19.4. The molecule has 0 fully saturated rings. The zero-order valence-corrected chi connectivity index (χ0v) is 17.8. The third-order valence-corrected chi connectivity index (χ3v) is 5.18. The fourth-order valence-corrected chi connectivity index (χ4v) is 3.79. The number of ether oxygens (including phenoxy) is 2. The minimum Gasteiger partial charge on any atom is -0.519 e. The Morgan fingerprint density at radius 1 is 1.07 bits per heavy atom. The Hall–Kier alpha value is -3.36. The van der Waals surface area contributed by atoms with E-state index in [0.717, 1.165) is 47.1 Å². The first-order valence-corrected chi connectivity index (χ1v) is 9.17. The molecule has 8 heteroatoms. The summed E-state index contributed by atoms with van der Waals surface area (Å²) in [7, 11) is 0. The van der Waals surface area contributed by atoms with Gasteiger partial charge in [0.2, 0.25) is 5.82 Å². The standard InChI is InChI=1S/C22H13N5O2.Pt/c1-23-20-12-25-22-17-10-15(3-2-14(17)6-8-27(20)22)29-16-4-5-19-18(11-16)21-24-7-9-26(21)13-28-19;/h2-5,7,9,12H,6,8,13H2;/q-2;+2. The van der Waals surface area contributed by atoms with Crippen LogP contribution < -0.4 is 9.47 Å². The van der Waals surface area contributed by atoms with Gasteiger partial charge in [0, 0.05) is 35.8 Å². The van der Waals surface area contributed by atoms with E-state index in [1.54, 1.807) is 12.4 Å². The van der Waals surface area contributed by atoms with Gasteiger partial charge in [-0.05, 0) is 6.42 Å². The summed E-state index contributed by atoms with van der Waals surface area (Å²) in [6.07, 6.45) is 6.06. The summed E-state index contributed by atoms with van der Waals surface area (Å²) >= 11 is 0. The molecule has 0 radical (unpaired) electrons. The number of hydrogen-bond acceptors (Lipinski definition) is 4. The molecule has 4 heterocycles. The van der Waals surface area contributed by atoms with Gasteiger partial charge in [-0.1, -0.05) is 35.9 Å². The van der Waals surface area contributed by atoms with Crippen LogP contribution in [0.3, 0.4) is 0 Å². The fourth-order valence-electron chi connectivity index (χ4n) is 3.79. The second kappa shape index (κ2) is 7.16. The van der Waals surface area contributed by atoms with E-state index in [1.807, 2.05) is 39.6 Å². The van der Waals surface area contributed by atoms with Gasteiger partial charge in [-0.25, -0.2) is 0 Å². The quantitative estimate of drug-likeness (QED) is 0.336. The molecule has 0 bridgehead atoms. The molecule has 148 valence electrons. The summed E-state index contributed by atoms with van der Waals surface area (Å²) in [6.45, 7) is 8.49. The van der Waals surface area contributed by atoms with E-state index in [-0.39, 0.29) is 21.1 Å². The molecule has 0 unspecified atom stereocenters. The molecule has 0 N–H and O–H groups in total. The van der Waals surface area contributed by atoms with Gasteiger partial charge in [0.05, 0.1) is 12.4 Å². The molecule has 0 saturated carbocycles. The predicted molar refractivity (Wildman–Crippen MR) is 104 cm³/mol. The van der Waals surface area contributed by atoms with Crippen molar-refractivity contribution in [3.8, 4) is 40.0 Å². The minimum absolute atomic E-state index is 0. The van der Waals surface area contributed by atoms with E-state index in [9.17, 15) is 0 Å². The molecule has 6 rings (SSSR count). The number of hydrogen-bond donors (Lipinski definition) is 0. The van der Waals surface area contributed by atoms with Gasteiger partial charge in [-0.3, -0.25) is 9.97 Å². The van der Waals surface area contributed by atoms with Crippen molar-refractivity contribution >= 4 is 5.82 Å². The fraction of sp³-hybridized carbons (Fsp3) is 0.136. The van der Waals surface area contributed by atoms with Gasteiger partial charge >= 0.3 is 21.1 Å². The molecule has 2 aliphatic rings. The molecule has 0 saturated heterocycles. The van der Waals surface area contributed by atoms with Crippen LogP contribution in [0.1, 0.15) is 5.56 Å². The summed E-state index contributed by atoms with van der Waals surface area (Å²) in [5.74, 6) is 3.97. The Kier molecular flexibility index (Phi) is 4.45. The Morgan fingerprint density at radius 2 is 1.90 bits per heavy atom. The van der Waals surface area contributed by atoms with Crippen molar-refractivity contribution < 1.29 is 30.5 Å². The number of nitrogens with zero attached hydrogens (tertiary/aromatic N) is 5. The van der Waals surface area contributed by atoms with Crippen molar-refractivity contribution in [3.63, 3.8) is 0 Å². The molecule has 2 aliphatic heterocycles. The molecule has 0 aliphatic carbocycles. The van der Waals surface area contributed by atoms with Crippen LogP contribution in [0.25, 0.3) is 27.6 Å². The van der Waals surface area contributed by atoms with E-state index < -0.39 is 0 Å². The van der Waals surface area contributed by atoms with Gasteiger partial charge < -0.3 is 23.5 Å². The van der Waals surface area contributed by atoms with Gasteiger partial charge in [-0.2, -0.15) is 0 Å². The van der Waals surface area contributed by atoms with Crippen LogP contribution in [0.2, 0.25) is 0 Å². The van der Waals surface area contributed by atoms with Crippen molar-refractivity contribution in [2.45, 2.75) is 19.7 Å². The topological polar surface area (TPSA) is 58.5 Å². The molecule has 2 aromatic carbocycles. The molecule has 0 atom stereocenters. The van der Waals surface area contributed by atoms with Crippen LogP contribution in [0.15, 0.2) is 42.9 Å². The summed E-state index contributed by atoms with van der Waals surface area (Å²) in [5, 5.41) is 0. The number of aromatic nitrogens is 4. The largest absolute Gasteiger partial charge is 2.00 e. The van der Waals surface area contributed by atoms with E-state index in [4.69, 9.17) is 16.0 Å². The van der Waals surface area contributed by atoms with Gasteiger partial charge in [0.1, 0.15) is 12.6 Å². The molecule has 7 nitrogen and oxygen atoms in total. The first-order chi connectivity index (χ1) is 14.3. The Balaban J connectivity index is 0.00000193. The molecule has 30 heavy (non-hydrogen) atoms. The van der Waals surface area contributed by atoms with Crippen molar-refractivity contribution in [2.75, 3.05) is 0 Å². The number of rotatable bonds is 2. The van der Waals surface area contributed by atoms with Crippen molar-refractivity contribution in [3.05, 3.63) is 72.0 Å². The second-order valence-corrected chi connectivity index (χ2v) is 6.83. The normalized spacial score (nSPS) is 12.9. The molecular formula is C22H13N5O2Pt. The number of imidazole rings is 2. The smallest absolute Gasteiger partial charge is 0.519 e. The molecular weight excluding hydrogens is 561 g/mol. The SMILES string of the molecule is [C-]#[N+]c1cnc2n1CCc1ccc(Oc3[c-]c4c(cc3)OCn3ccnc3-4)[c-]c1-2.[Pt+2]. The van der Waals surface area contributed by atoms with Crippen LogP contribution in [-0.2, 0) is 40.8 Å². The zero-order valence-electron chi connectivity index (χ0n) is 15.5. The van der Waals surface area contributed by atoms with Gasteiger partial charge in [0.15, 0.2) is 0 Å². The summed E-state index contributed by atoms with van der Waals surface area (Å²) in [5.41, 5.74) is 2.80. The number of benzene rings is 2. The van der Waals surface area contributed by atoms with Crippen LogP contribution in [0.4, 0.5) is 5.82 Å². The molecule has 0 spiro atoms. The maximum atomic E-state index is 7.30.